The predicted molar refractivity (Wildman–Crippen MR) is 48.6 cm³/mol. The third kappa shape index (κ3) is 1.69. The number of rotatable bonds is 1. The maximum absolute atomic E-state index is 10.9. The molecule has 0 aromatic rings. The second-order valence-corrected chi connectivity index (χ2v) is 3.92. The minimum absolute atomic E-state index is 0.153. The molecule has 1 saturated carbocycles. The van der Waals surface area contributed by atoms with Gasteiger partial charge in [-0.05, 0) is 12.8 Å². The van der Waals surface area contributed by atoms with Gasteiger partial charge in [-0.1, -0.05) is 6.42 Å². The van der Waals surface area contributed by atoms with Crippen molar-refractivity contribution in [1.29, 1.82) is 0 Å². The van der Waals surface area contributed by atoms with Crippen LogP contribution in [-0.4, -0.2) is 36.2 Å². The zero-order valence-electron chi connectivity index (χ0n) is 7.62. The first-order valence-corrected chi connectivity index (χ1v) is 4.98. The Labute approximate surface area is 77.7 Å². The molecular formula is C9H16N2O2. The Hall–Kier alpha value is -0.610. The van der Waals surface area contributed by atoms with Crippen molar-refractivity contribution in [3.05, 3.63) is 0 Å². The van der Waals surface area contributed by atoms with Crippen LogP contribution in [0.1, 0.15) is 19.3 Å². The van der Waals surface area contributed by atoms with Crippen LogP contribution in [0.3, 0.4) is 0 Å². The number of carboxylic acid groups (broad SMARTS) is 1. The van der Waals surface area contributed by atoms with Gasteiger partial charge in [0.25, 0.3) is 0 Å². The highest BCUT2D eigenvalue weighted by molar-refractivity contribution is 5.71. The van der Waals surface area contributed by atoms with Crippen LogP contribution in [0.5, 0.6) is 0 Å². The van der Waals surface area contributed by atoms with Crippen molar-refractivity contribution in [3.8, 4) is 0 Å². The average molecular weight is 184 g/mol. The largest absolute Gasteiger partial charge is 0.481 e. The standard InChI is InChI=1S/C9H16N2O2/c12-9(13)6-2-1-3-7-8(6)11-5-4-10-7/h6-8,10-11H,1-5H2,(H,12,13). The highest BCUT2D eigenvalue weighted by atomic mass is 16.4. The van der Waals surface area contributed by atoms with E-state index in [1.807, 2.05) is 0 Å². The van der Waals surface area contributed by atoms with Gasteiger partial charge in [0.05, 0.1) is 5.92 Å². The number of aliphatic carboxylic acids is 1. The lowest BCUT2D eigenvalue weighted by Gasteiger charge is -2.40. The molecule has 0 bridgehead atoms. The van der Waals surface area contributed by atoms with E-state index in [2.05, 4.69) is 10.6 Å². The van der Waals surface area contributed by atoms with Gasteiger partial charge in [0, 0.05) is 25.2 Å². The smallest absolute Gasteiger partial charge is 0.308 e. The number of carboxylic acids is 1. The Morgan fingerprint density at radius 2 is 2.00 bits per heavy atom. The number of fused-ring (bicyclic) bond motifs is 1. The Morgan fingerprint density at radius 3 is 2.77 bits per heavy atom. The van der Waals surface area contributed by atoms with Gasteiger partial charge in [-0.15, -0.1) is 0 Å². The molecule has 3 unspecified atom stereocenters. The summed E-state index contributed by atoms with van der Waals surface area (Å²) in [5, 5.41) is 15.7. The molecular weight excluding hydrogens is 168 g/mol. The minimum atomic E-state index is -0.647. The van der Waals surface area contributed by atoms with Crippen LogP contribution in [0, 0.1) is 5.92 Å². The summed E-state index contributed by atoms with van der Waals surface area (Å²) in [7, 11) is 0. The molecule has 2 aliphatic rings. The summed E-state index contributed by atoms with van der Waals surface area (Å²) in [6.45, 7) is 1.86. The highest BCUT2D eigenvalue weighted by Gasteiger charge is 2.38. The van der Waals surface area contributed by atoms with E-state index in [-0.39, 0.29) is 12.0 Å². The first kappa shape index (κ1) is 8.97. The minimum Gasteiger partial charge on any atom is -0.481 e. The van der Waals surface area contributed by atoms with Gasteiger partial charge in [0.2, 0.25) is 0 Å². The fourth-order valence-corrected chi connectivity index (χ4v) is 2.48. The van der Waals surface area contributed by atoms with Crippen molar-refractivity contribution in [3.63, 3.8) is 0 Å². The summed E-state index contributed by atoms with van der Waals surface area (Å²) in [4.78, 5) is 10.9. The fourth-order valence-electron chi connectivity index (χ4n) is 2.48. The SMILES string of the molecule is O=C(O)C1CCCC2NCCNC21. The molecule has 1 saturated heterocycles. The molecule has 0 spiro atoms. The molecule has 13 heavy (non-hydrogen) atoms. The van der Waals surface area contributed by atoms with Crippen molar-refractivity contribution in [1.82, 2.24) is 10.6 Å². The second kappa shape index (κ2) is 3.64. The van der Waals surface area contributed by atoms with Gasteiger partial charge in [-0.2, -0.15) is 0 Å². The van der Waals surface area contributed by atoms with E-state index >= 15 is 0 Å². The molecule has 4 heteroatoms. The van der Waals surface area contributed by atoms with Crippen molar-refractivity contribution in [2.24, 2.45) is 5.92 Å². The number of hydrogen-bond donors (Lipinski definition) is 3. The van der Waals surface area contributed by atoms with Crippen LogP contribution in [0.15, 0.2) is 0 Å². The first-order chi connectivity index (χ1) is 6.29. The summed E-state index contributed by atoms with van der Waals surface area (Å²) < 4.78 is 0. The van der Waals surface area contributed by atoms with Crippen molar-refractivity contribution in [2.75, 3.05) is 13.1 Å². The summed E-state index contributed by atoms with van der Waals surface area (Å²) >= 11 is 0. The summed E-state index contributed by atoms with van der Waals surface area (Å²) in [5.74, 6) is -0.836. The molecule has 0 aromatic carbocycles. The maximum Gasteiger partial charge on any atom is 0.308 e. The second-order valence-electron chi connectivity index (χ2n) is 3.92. The third-order valence-electron chi connectivity index (χ3n) is 3.13. The van der Waals surface area contributed by atoms with E-state index in [0.717, 1.165) is 32.4 Å². The Morgan fingerprint density at radius 1 is 1.23 bits per heavy atom. The first-order valence-electron chi connectivity index (χ1n) is 4.98. The molecule has 1 aliphatic carbocycles. The lowest BCUT2D eigenvalue weighted by Crippen LogP contribution is -2.61. The molecule has 0 amide bonds. The molecule has 3 N–H and O–H groups in total. The maximum atomic E-state index is 10.9. The number of hydrogen-bond acceptors (Lipinski definition) is 3. The quantitative estimate of drug-likeness (QED) is 0.528. The third-order valence-corrected chi connectivity index (χ3v) is 3.13. The summed E-state index contributed by atoms with van der Waals surface area (Å²) in [5.41, 5.74) is 0. The van der Waals surface area contributed by atoms with Gasteiger partial charge in [0.15, 0.2) is 0 Å². The van der Waals surface area contributed by atoms with Crippen LogP contribution in [0.4, 0.5) is 0 Å². The zero-order valence-corrected chi connectivity index (χ0v) is 7.62. The van der Waals surface area contributed by atoms with Gasteiger partial charge in [0.1, 0.15) is 0 Å². The molecule has 0 aromatic heterocycles. The highest BCUT2D eigenvalue weighted by Crippen LogP contribution is 2.26. The van der Waals surface area contributed by atoms with Gasteiger partial charge < -0.3 is 15.7 Å². The lowest BCUT2D eigenvalue weighted by molar-refractivity contribution is -0.144. The van der Waals surface area contributed by atoms with Crippen LogP contribution >= 0.6 is 0 Å². The van der Waals surface area contributed by atoms with Gasteiger partial charge >= 0.3 is 5.97 Å². The summed E-state index contributed by atoms with van der Waals surface area (Å²) in [6, 6.07) is 0.531. The van der Waals surface area contributed by atoms with Gasteiger partial charge in [-0.3, -0.25) is 4.79 Å². The van der Waals surface area contributed by atoms with E-state index in [1.54, 1.807) is 0 Å². The number of nitrogens with one attached hydrogen (secondary N) is 2. The van der Waals surface area contributed by atoms with Crippen LogP contribution < -0.4 is 10.6 Å². The van der Waals surface area contributed by atoms with E-state index in [9.17, 15) is 4.79 Å². The normalized spacial score (nSPS) is 39.5. The van der Waals surface area contributed by atoms with E-state index in [0.29, 0.717) is 6.04 Å². The molecule has 1 aliphatic heterocycles. The van der Waals surface area contributed by atoms with Crippen LogP contribution in [0.25, 0.3) is 0 Å². The predicted octanol–water partition coefficient (Wildman–Crippen LogP) is -0.199. The Kier molecular flexibility index (Phi) is 2.51. The van der Waals surface area contributed by atoms with E-state index in [4.69, 9.17) is 5.11 Å². The van der Waals surface area contributed by atoms with Crippen LogP contribution in [-0.2, 0) is 4.79 Å². The average Bonchev–Trinajstić information content (AvgIpc) is 2.17. The molecule has 2 fully saturated rings. The number of piperazine rings is 1. The lowest BCUT2D eigenvalue weighted by atomic mass is 9.80. The van der Waals surface area contributed by atoms with Crippen LogP contribution in [0.2, 0.25) is 0 Å². The monoisotopic (exact) mass is 184 g/mol. The molecule has 4 nitrogen and oxygen atoms in total. The van der Waals surface area contributed by atoms with Crippen molar-refractivity contribution < 1.29 is 9.90 Å². The molecule has 2 rings (SSSR count). The number of carbonyl (C=O) groups is 1. The fraction of sp³-hybridized carbons (Fsp3) is 0.889. The van der Waals surface area contributed by atoms with Crippen molar-refractivity contribution in [2.45, 2.75) is 31.3 Å². The molecule has 3 atom stereocenters. The molecule has 1 heterocycles. The van der Waals surface area contributed by atoms with Gasteiger partial charge in [-0.25, -0.2) is 0 Å². The van der Waals surface area contributed by atoms with E-state index < -0.39 is 5.97 Å². The Balaban J connectivity index is 2.06. The zero-order chi connectivity index (χ0) is 9.26. The molecule has 74 valence electrons. The van der Waals surface area contributed by atoms with Crippen molar-refractivity contribution >= 4 is 5.97 Å². The molecule has 0 radical (unpaired) electrons. The van der Waals surface area contributed by atoms with E-state index in [1.165, 1.54) is 0 Å². The Bertz CT molecular complexity index is 206. The topological polar surface area (TPSA) is 61.4 Å². The summed E-state index contributed by atoms with van der Waals surface area (Å²) in [6.07, 6.45) is 2.97.